The number of rotatable bonds is 3. The summed E-state index contributed by atoms with van der Waals surface area (Å²) in [7, 11) is 0. The number of nitrogens with zero attached hydrogens (tertiary/aromatic N) is 3. The number of hydrogen-bond donors (Lipinski definition) is 2. The third-order valence-corrected chi connectivity index (χ3v) is 5.70. The Morgan fingerprint density at radius 3 is 2.27 bits per heavy atom. The summed E-state index contributed by atoms with van der Waals surface area (Å²) >= 11 is 8.18. The van der Waals surface area contributed by atoms with Gasteiger partial charge in [0.15, 0.2) is 0 Å². The fourth-order valence-corrected chi connectivity index (χ4v) is 4.01. The summed E-state index contributed by atoms with van der Waals surface area (Å²) in [6, 6.07) is 1.35. The van der Waals surface area contributed by atoms with E-state index in [0.29, 0.717) is 6.07 Å². The van der Waals surface area contributed by atoms with Crippen molar-refractivity contribution in [3.8, 4) is 5.82 Å². The molecule has 1 fully saturated rings. The Bertz CT molecular complexity index is 1300. The number of pyridine rings is 2. The maximum absolute atomic E-state index is 14.8. The molecule has 1 aromatic carbocycles. The minimum atomic E-state index is -1.63. The first-order valence-corrected chi connectivity index (χ1v) is 9.70. The molecule has 2 radical (unpaired) electrons. The van der Waals surface area contributed by atoms with Crippen molar-refractivity contribution >= 4 is 55.5 Å². The van der Waals surface area contributed by atoms with Gasteiger partial charge in [-0.1, -0.05) is 0 Å². The van der Waals surface area contributed by atoms with Gasteiger partial charge in [0, 0.05) is 0 Å². The number of hydrogen-bond acceptors (Lipinski definition) is 5. The summed E-state index contributed by atoms with van der Waals surface area (Å²) in [5.41, 5.74) is -2.14. The van der Waals surface area contributed by atoms with Gasteiger partial charge in [0.25, 0.3) is 0 Å². The normalized spacial score (nSPS) is 13.0. The second-order valence-corrected chi connectivity index (χ2v) is 7.89. The second kappa shape index (κ2) is 10.1. The van der Waals surface area contributed by atoms with Crippen LogP contribution in [0.2, 0.25) is 5.02 Å². The number of fused-ring (bicyclic) bond motifs is 1. The number of aliphatic hydroxyl groups is 1. The molecule has 1 aliphatic rings. The van der Waals surface area contributed by atoms with Crippen LogP contribution in [0.4, 0.5) is 18.9 Å². The van der Waals surface area contributed by atoms with E-state index in [0.717, 1.165) is 16.8 Å². The third kappa shape index (κ3) is 4.56. The van der Waals surface area contributed by atoms with E-state index in [1.807, 2.05) is 0 Å². The van der Waals surface area contributed by atoms with Crippen LogP contribution in [0.1, 0.15) is 10.4 Å². The van der Waals surface area contributed by atoms with Gasteiger partial charge in [0.2, 0.25) is 0 Å². The summed E-state index contributed by atoms with van der Waals surface area (Å²) in [6.07, 6.45) is 0.116. The van der Waals surface area contributed by atoms with E-state index < -0.39 is 51.7 Å². The Morgan fingerprint density at radius 1 is 1.12 bits per heavy atom. The molecule has 2 aromatic heterocycles. The molecule has 0 unspecified atom stereocenters. The first-order valence-electron chi connectivity index (χ1n) is 8.39. The first kappa shape index (κ1) is 28.4. The molecule has 0 bridgehead atoms. The zero-order chi connectivity index (χ0) is 21.9. The Balaban J connectivity index is 0.00000181. The quantitative estimate of drug-likeness (QED) is 0.377. The molecular formula is C18H16AsClF3N3O7. The summed E-state index contributed by atoms with van der Waals surface area (Å²) in [5.74, 6) is -5.16. The number of aliphatic hydroxyl groups excluding tert-OH is 1. The number of halogens is 4. The summed E-state index contributed by atoms with van der Waals surface area (Å²) in [5, 5.41) is 18.2. The number of aromatic carboxylic acids is 1. The number of β-amino-alcohol motifs (C(OH)–C–C–N with tert-alkyl or cyclic N) is 1. The average Bonchev–Trinajstić information content (AvgIpc) is 2.64. The first-order chi connectivity index (χ1) is 14.1. The summed E-state index contributed by atoms with van der Waals surface area (Å²) in [4.78, 5) is 29.4. The minimum absolute atomic E-state index is 0. The van der Waals surface area contributed by atoms with Gasteiger partial charge in [-0.15, -0.1) is 0 Å². The van der Waals surface area contributed by atoms with Crippen LogP contribution in [0, 0.1) is 17.5 Å². The van der Waals surface area contributed by atoms with Crippen LogP contribution in [0.25, 0.3) is 16.7 Å². The zero-order valence-corrected chi connectivity index (χ0v) is 18.9. The van der Waals surface area contributed by atoms with E-state index in [9.17, 15) is 33.0 Å². The number of anilines is 1. The van der Waals surface area contributed by atoms with Crippen LogP contribution in [-0.4, -0.2) is 78.2 Å². The second-order valence-electron chi connectivity index (χ2n) is 6.62. The molecule has 8 N–H and O–H groups in total. The molecule has 3 aromatic rings. The molecule has 3 heterocycles. The molecule has 0 saturated carbocycles. The van der Waals surface area contributed by atoms with Crippen molar-refractivity contribution in [1.29, 1.82) is 0 Å². The molecule has 178 valence electrons. The molecule has 0 aliphatic carbocycles. The predicted molar refractivity (Wildman–Crippen MR) is 114 cm³/mol. The number of aromatic nitrogens is 2. The monoisotopic (exact) mass is 553 g/mol. The molecule has 0 atom stereocenters. The molecule has 15 heteroatoms. The Hall–Kier alpha value is -2.67. The number of carbonyl (C=O) groups is 1. The van der Waals surface area contributed by atoms with E-state index in [1.165, 1.54) is 4.90 Å². The Morgan fingerprint density at radius 2 is 1.73 bits per heavy atom. The van der Waals surface area contributed by atoms with Gasteiger partial charge in [0.1, 0.15) is 0 Å². The fourth-order valence-electron chi connectivity index (χ4n) is 3.27. The molecule has 0 amide bonds. The van der Waals surface area contributed by atoms with Crippen molar-refractivity contribution in [3.05, 3.63) is 56.6 Å². The average molecular weight is 554 g/mol. The molecule has 33 heavy (non-hydrogen) atoms. The van der Waals surface area contributed by atoms with E-state index >= 15 is 0 Å². The molecule has 1 aliphatic heterocycles. The van der Waals surface area contributed by atoms with Crippen molar-refractivity contribution < 1.29 is 44.6 Å². The van der Waals surface area contributed by atoms with Crippen LogP contribution in [-0.2, 0) is 0 Å². The third-order valence-electron chi connectivity index (χ3n) is 4.69. The number of carboxylic acid groups (broad SMARTS) is 1. The van der Waals surface area contributed by atoms with Crippen molar-refractivity contribution in [1.82, 2.24) is 9.55 Å². The van der Waals surface area contributed by atoms with Crippen molar-refractivity contribution in [2.45, 2.75) is 6.10 Å². The van der Waals surface area contributed by atoms with Crippen LogP contribution in [0.3, 0.4) is 0 Å². The van der Waals surface area contributed by atoms with E-state index in [1.54, 1.807) is 16.9 Å². The molecular weight excluding hydrogens is 538 g/mol. The van der Waals surface area contributed by atoms with E-state index in [4.69, 9.17) is 11.6 Å². The van der Waals surface area contributed by atoms with Crippen LogP contribution in [0.5, 0.6) is 0 Å². The Labute approximate surface area is 196 Å². The topological polar surface area (TPSA) is 190 Å². The van der Waals surface area contributed by atoms with Gasteiger partial charge in [0.05, 0.1) is 0 Å². The van der Waals surface area contributed by atoms with Crippen molar-refractivity contribution in [3.63, 3.8) is 0 Å². The zero-order valence-electron chi connectivity index (χ0n) is 16.2. The maximum atomic E-state index is 14.8. The van der Waals surface area contributed by atoms with Gasteiger partial charge in [-0.2, -0.15) is 0 Å². The van der Waals surface area contributed by atoms with Gasteiger partial charge < -0.3 is 16.4 Å². The van der Waals surface area contributed by atoms with Crippen LogP contribution in [0.15, 0.2) is 23.1 Å². The standard InChI is InChI=1S/C18H10AsClF3N3O4.3H2O/c19-16-10(22)2-11(23)17(24-16)26-5-8(18(29)30)15(28)7-1-9(21)14(12(20)13(7)26)25-3-6(27)4-25;;;/h1-2,5-6,27H,3-4H2,(H,29,30);3*1H2. The Kier molecular flexibility index (Phi) is 8.66. The summed E-state index contributed by atoms with van der Waals surface area (Å²) < 4.78 is 43.7. The van der Waals surface area contributed by atoms with Crippen molar-refractivity contribution in [2.24, 2.45) is 0 Å². The van der Waals surface area contributed by atoms with Gasteiger partial charge >= 0.3 is 180 Å². The van der Waals surface area contributed by atoms with Crippen LogP contribution >= 0.6 is 11.6 Å². The predicted octanol–water partition coefficient (Wildman–Crippen LogP) is -1.34. The van der Waals surface area contributed by atoms with Gasteiger partial charge in [-0.05, 0) is 0 Å². The van der Waals surface area contributed by atoms with Crippen molar-refractivity contribution in [2.75, 3.05) is 18.0 Å². The van der Waals surface area contributed by atoms with E-state index in [-0.39, 0.29) is 50.2 Å². The molecule has 4 rings (SSSR count). The number of carboxylic acids is 1. The summed E-state index contributed by atoms with van der Waals surface area (Å²) in [6.45, 7) is 0.165. The fraction of sp³-hybridized carbons (Fsp3) is 0.167. The molecule has 0 spiro atoms. The SMILES string of the molecule is O.O.O.O=C(O)c1cn(-c2nc([As])c(F)cc2F)c2c(Cl)c(N3CC(O)C3)c(F)cc2c1=O. The van der Waals surface area contributed by atoms with E-state index in [2.05, 4.69) is 4.98 Å². The molecule has 10 nitrogen and oxygen atoms in total. The van der Waals surface area contributed by atoms with Gasteiger partial charge in [-0.3, -0.25) is 0 Å². The van der Waals surface area contributed by atoms with Crippen LogP contribution < -0.4 is 14.8 Å². The van der Waals surface area contributed by atoms with Gasteiger partial charge in [-0.25, -0.2) is 0 Å². The molecule has 1 saturated heterocycles. The number of benzene rings is 1.